The number of benzene rings is 3. The molecule has 0 aliphatic heterocycles. The van der Waals surface area contributed by atoms with Crippen LogP contribution in [0.4, 0.5) is 40.8 Å². The quantitative estimate of drug-likeness (QED) is 0.265. The Labute approximate surface area is 206 Å². The molecule has 0 radical (unpaired) electrons. The lowest BCUT2D eigenvalue weighted by Crippen LogP contribution is -2.40. The predicted molar refractivity (Wildman–Crippen MR) is 121 cm³/mol. The van der Waals surface area contributed by atoms with Gasteiger partial charge in [-0.15, -0.1) is 0 Å². The summed E-state index contributed by atoms with van der Waals surface area (Å²) in [7, 11) is 1.70. The molecule has 0 saturated heterocycles. The molecular formula is C25H22F8N2O2. The Balaban J connectivity index is 2.00. The fourth-order valence-electron chi connectivity index (χ4n) is 3.46. The van der Waals surface area contributed by atoms with Crippen molar-refractivity contribution in [1.82, 2.24) is 5.32 Å². The van der Waals surface area contributed by atoms with Crippen LogP contribution in [0.3, 0.4) is 0 Å². The van der Waals surface area contributed by atoms with E-state index in [2.05, 4.69) is 10.6 Å². The lowest BCUT2D eigenvalue weighted by molar-refractivity contribution is -0.289. The molecule has 0 bridgehead atoms. The summed E-state index contributed by atoms with van der Waals surface area (Å²) in [6, 6.07) is 14.6. The van der Waals surface area contributed by atoms with Gasteiger partial charge >= 0.3 is 18.3 Å². The number of nitrogens with one attached hydrogen (secondary N) is 2. The molecule has 3 rings (SSSR count). The molecule has 0 aliphatic rings. The molecule has 3 aromatic rings. The minimum absolute atomic E-state index is 0.176. The van der Waals surface area contributed by atoms with E-state index in [-0.39, 0.29) is 16.9 Å². The van der Waals surface area contributed by atoms with E-state index in [4.69, 9.17) is 4.74 Å². The van der Waals surface area contributed by atoms with Gasteiger partial charge in [0.05, 0.1) is 6.04 Å². The van der Waals surface area contributed by atoms with Crippen molar-refractivity contribution in [2.45, 2.75) is 30.4 Å². The van der Waals surface area contributed by atoms with E-state index in [1.54, 1.807) is 31.3 Å². The third kappa shape index (κ3) is 6.89. The van der Waals surface area contributed by atoms with E-state index in [9.17, 15) is 40.2 Å². The van der Waals surface area contributed by atoms with Gasteiger partial charge in [0.1, 0.15) is 11.5 Å². The average molecular weight is 534 g/mol. The number of halogens is 8. The number of hydrogen-bond acceptors (Lipinski definition) is 4. The second-order valence-corrected chi connectivity index (χ2v) is 8.05. The first-order valence-corrected chi connectivity index (χ1v) is 10.8. The van der Waals surface area contributed by atoms with E-state index in [1.165, 1.54) is 30.3 Å². The predicted octanol–water partition coefficient (Wildman–Crippen LogP) is 6.78. The number of anilines is 1. The van der Waals surface area contributed by atoms with Crippen LogP contribution in [0.2, 0.25) is 0 Å². The summed E-state index contributed by atoms with van der Waals surface area (Å²) in [4.78, 5) is 0. The normalized spacial score (nSPS) is 14.2. The molecule has 0 heterocycles. The van der Waals surface area contributed by atoms with Gasteiger partial charge < -0.3 is 20.5 Å². The number of rotatable bonds is 9. The Hall–Kier alpha value is -3.38. The molecule has 37 heavy (non-hydrogen) atoms. The molecule has 3 aromatic carbocycles. The number of hydrogen-bond donors (Lipinski definition) is 3. The minimum Gasteiger partial charge on any atom is -0.457 e. The number of ether oxygens (including phenoxy) is 1. The van der Waals surface area contributed by atoms with Crippen molar-refractivity contribution in [3.8, 4) is 11.5 Å². The van der Waals surface area contributed by atoms with Crippen LogP contribution in [0.15, 0.2) is 72.8 Å². The Morgan fingerprint density at radius 2 is 1.35 bits per heavy atom. The maximum Gasteiger partial charge on any atom is 0.458 e. The molecule has 0 aliphatic carbocycles. The monoisotopic (exact) mass is 534 g/mol. The number of aliphatic hydroxyl groups excluding tert-OH is 1. The van der Waals surface area contributed by atoms with Gasteiger partial charge in [0.25, 0.3) is 0 Å². The lowest BCUT2D eigenvalue weighted by atomic mass is 9.95. The van der Waals surface area contributed by atoms with Crippen LogP contribution in [0, 0.1) is 0 Å². The minimum atomic E-state index is -5.88. The molecule has 0 unspecified atom stereocenters. The molecule has 0 saturated carbocycles. The fourth-order valence-corrected chi connectivity index (χ4v) is 3.46. The van der Waals surface area contributed by atoms with E-state index in [0.717, 1.165) is 11.8 Å². The fraction of sp³-hybridized carbons (Fsp3) is 0.280. The van der Waals surface area contributed by atoms with E-state index >= 15 is 0 Å². The summed E-state index contributed by atoms with van der Waals surface area (Å²) in [5.74, 6) is -4.55. The zero-order valence-corrected chi connectivity index (χ0v) is 19.2. The molecule has 12 heteroatoms. The smallest absolute Gasteiger partial charge is 0.457 e. The van der Waals surface area contributed by atoms with Gasteiger partial charge in [-0.25, -0.2) is 0 Å². The topological polar surface area (TPSA) is 53.5 Å². The maximum atomic E-state index is 14.0. The van der Waals surface area contributed by atoms with Crippen molar-refractivity contribution in [2.75, 3.05) is 18.9 Å². The summed E-state index contributed by atoms with van der Waals surface area (Å²) >= 11 is 0. The van der Waals surface area contributed by atoms with Crippen molar-refractivity contribution >= 4 is 5.69 Å². The summed E-state index contributed by atoms with van der Waals surface area (Å²) < 4.78 is 111. The molecule has 0 amide bonds. The highest BCUT2D eigenvalue weighted by Gasteiger charge is 2.58. The van der Waals surface area contributed by atoms with Gasteiger partial charge in [-0.05, 0) is 41.5 Å². The highest BCUT2D eigenvalue weighted by atomic mass is 19.4. The maximum absolute atomic E-state index is 14.0. The zero-order chi connectivity index (χ0) is 27.4. The van der Waals surface area contributed by atoms with E-state index in [1.807, 2.05) is 0 Å². The van der Waals surface area contributed by atoms with Crippen molar-refractivity contribution in [2.24, 2.45) is 0 Å². The third-order valence-corrected chi connectivity index (χ3v) is 5.38. The summed E-state index contributed by atoms with van der Waals surface area (Å²) in [6.07, 6.45) is -13.7. The van der Waals surface area contributed by atoms with Crippen LogP contribution in [-0.2, 0) is 5.92 Å². The first-order chi connectivity index (χ1) is 17.2. The van der Waals surface area contributed by atoms with Gasteiger partial charge in [-0.2, -0.15) is 35.1 Å². The number of alkyl halides is 8. The highest BCUT2D eigenvalue weighted by Crippen LogP contribution is 2.44. The standard InChI is InChI=1S/C25H22F8N2O2/c1-34-18-8-4-10-20(13-18)37-19-9-3-6-16(12-19)22(35-14-21(36)24(28,29)30)15-5-2-7-17(11-15)23(26,27)25(31,32)33/h2-13,21-22,34-36H,14H2,1H3/t21-,22-/m1/s1. The first-order valence-electron chi connectivity index (χ1n) is 10.8. The molecular weight excluding hydrogens is 512 g/mol. The molecule has 200 valence electrons. The third-order valence-electron chi connectivity index (χ3n) is 5.38. The Morgan fingerprint density at radius 3 is 1.95 bits per heavy atom. The lowest BCUT2D eigenvalue weighted by Gasteiger charge is -2.25. The average Bonchev–Trinajstić information content (AvgIpc) is 2.83. The highest BCUT2D eigenvalue weighted by molar-refractivity contribution is 5.49. The van der Waals surface area contributed by atoms with Crippen LogP contribution < -0.4 is 15.4 Å². The van der Waals surface area contributed by atoms with Crippen molar-refractivity contribution < 1.29 is 45.0 Å². The van der Waals surface area contributed by atoms with E-state index in [0.29, 0.717) is 17.9 Å². The Kier molecular flexibility index (Phi) is 8.33. The van der Waals surface area contributed by atoms with Gasteiger partial charge in [-0.3, -0.25) is 0 Å². The van der Waals surface area contributed by atoms with Crippen LogP contribution in [0.5, 0.6) is 11.5 Å². The van der Waals surface area contributed by atoms with Gasteiger partial charge in [-0.1, -0.05) is 36.4 Å². The van der Waals surface area contributed by atoms with Gasteiger partial charge in [0.2, 0.25) is 0 Å². The van der Waals surface area contributed by atoms with Gasteiger partial charge in [0.15, 0.2) is 6.10 Å². The van der Waals surface area contributed by atoms with Crippen molar-refractivity contribution in [3.63, 3.8) is 0 Å². The first kappa shape index (κ1) is 28.2. The van der Waals surface area contributed by atoms with Crippen LogP contribution in [0.25, 0.3) is 0 Å². The Morgan fingerprint density at radius 1 is 0.784 bits per heavy atom. The molecule has 0 spiro atoms. The summed E-state index contributed by atoms with van der Waals surface area (Å²) in [5, 5.41) is 14.8. The van der Waals surface area contributed by atoms with Crippen molar-refractivity contribution in [3.05, 3.63) is 89.5 Å². The van der Waals surface area contributed by atoms with E-state index < -0.39 is 42.5 Å². The second kappa shape index (κ2) is 10.9. The summed E-state index contributed by atoms with van der Waals surface area (Å²) in [6.45, 7) is -1.05. The molecule has 2 atom stereocenters. The Bertz CT molecular complexity index is 1200. The molecule has 0 aromatic heterocycles. The zero-order valence-electron chi connectivity index (χ0n) is 19.2. The molecule has 3 N–H and O–H groups in total. The summed E-state index contributed by atoms with van der Waals surface area (Å²) in [5.41, 5.74) is -0.622. The molecule has 4 nitrogen and oxygen atoms in total. The van der Waals surface area contributed by atoms with Crippen molar-refractivity contribution in [1.29, 1.82) is 0 Å². The molecule has 0 fully saturated rings. The van der Waals surface area contributed by atoms with Crippen LogP contribution >= 0.6 is 0 Å². The van der Waals surface area contributed by atoms with Crippen LogP contribution in [0.1, 0.15) is 22.7 Å². The SMILES string of the molecule is CNc1cccc(Oc2cccc([C@H](NC[C@@H](O)C(F)(F)F)c3cccc(C(F)(F)C(F)(F)F)c3)c2)c1. The second-order valence-electron chi connectivity index (χ2n) is 8.05. The number of aliphatic hydroxyl groups is 1. The largest absolute Gasteiger partial charge is 0.458 e. The van der Waals surface area contributed by atoms with Gasteiger partial charge in [0, 0.05) is 30.9 Å². The van der Waals surface area contributed by atoms with Crippen LogP contribution in [-0.4, -0.2) is 37.2 Å².